The highest BCUT2D eigenvalue weighted by molar-refractivity contribution is 9.10. The Morgan fingerprint density at radius 1 is 0.854 bits per heavy atom. The lowest BCUT2D eigenvalue weighted by Gasteiger charge is -2.35. The first-order valence-corrected chi connectivity index (χ1v) is 18.9. The van der Waals surface area contributed by atoms with Crippen LogP contribution in [0.2, 0.25) is 10.0 Å². The van der Waals surface area contributed by atoms with Crippen molar-refractivity contribution in [3.8, 4) is 0 Å². The minimum atomic E-state index is -4.31. The maximum absolute atomic E-state index is 14.7. The summed E-state index contributed by atoms with van der Waals surface area (Å²) in [6.07, 6.45) is 5.18. The molecular weight excluding hydrogens is 733 g/mol. The predicted octanol–water partition coefficient (Wildman–Crippen LogP) is 8.35. The molecule has 0 unspecified atom stereocenters. The third-order valence-corrected chi connectivity index (χ3v) is 11.7. The van der Waals surface area contributed by atoms with Gasteiger partial charge in [-0.2, -0.15) is 0 Å². The summed E-state index contributed by atoms with van der Waals surface area (Å²) in [5, 5.41) is 3.36. The van der Waals surface area contributed by atoms with E-state index < -0.39 is 28.5 Å². The normalized spacial score (nSPS) is 14.2. The van der Waals surface area contributed by atoms with E-state index in [1.54, 1.807) is 24.3 Å². The van der Waals surface area contributed by atoms with Crippen LogP contribution >= 0.6 is 39.1 Å². The highest BCUT2D eigenvalue weighted by Crippen LogP contribution is 2.36. The third kappa shape index (κ3) is 8.99. The number of carbonyl (C=O) groups is 2. The largest absolute Gasteiger partial charge is 0.352 e. The van der Waals surface area contributed by atoms with Crippen molar-refractivity contribution in [3.63, 3.8) is 0 Å². The summed E-state index contributed by atoms with van der Waals surface area (Å²) in [5.41, 5.74) is 2.60. The number of aryl methyl sites for hydroxylation is 1. The quantitative estimate of drug-likeness (QED) is 0.157. The molecule has 0 aromatic heterocycles. The summed E-state index contributed by atoms with van der Waals surface area (Å²) >= 11 is 16.4. The molecule has 1 saturated carbocycles. The van der Waals surface area contributed by atoms with Crippen LogP contribution in [-0.2, 0) is 32.6 Å². The van der Waals surface area contributed by atoms with Gasteiger partial charge in [-0.05, 0) is 67.3 Å². The van der Waals surface area contributed by atoms with Gasteiger partial charge in [0.05, 0.1) is 20.6 Å². The van der Waals surface area contributed by atoms with Gasteiger partial charge >= 0.3 is 0 Å². The van der Waals surface area contributed by atoms with Crippen molar-refractivity contribution >= 4 is 66.7 Å². The molecular formula is C37H38BrCl2N3O4S. The number of sulfonamides is 1. The number of rotatable bonds is 12. The summed E-state index contributed by atoms with van der Waals surface area (Å²) in [7, 11) is -4.31. The van der Waals surface area contributed by atoms with Crippen LogP contribution in [0.15, 0.2) is 106 Å². The second-order valence-corrected chi connectivity index (χ2v) is 15.7. The molecule has 0 spiro atoms. The summed E-state index contributed by atoms with van der Waals surface area (Å²) in [6.45, 7) is 1.31. The van der Waals surface area contributed by atoms with E-state index in [2.05, 4.69) is 21.2 Å². The maximum Gasteiger partial charge on any atom is 0.264 e. The number of benzene rings is 4. The first-order valence-electron chi connectivity index (χ1n) is 15.9. The van der Waals surface area contributed by atoms with Crippen LogP contribution in [0.4, 0.5) is 5.69 Å². The number of anilines is 1. The van der Waals surface area contributed by atoms with Gasteiger partial charge in [0, 0.05) is 23.5 Å². The minimum Gasteiger partial charge on any atom is -0.352 e. The van der Waals surface area contributed by atoms with Crippen LogP contribution in [0.25, 0.3) is 0 Å². The second kappa shape index (κ2) is 16.4. The average molecular weight is 772 g/mol. The van der Waals surface area contributed by atoms with Crippen molar-refractivity contribution in [3.05, 3.63) is 128 Å². The second-order valence-electron chi connectivity index (χ2n) is 12.1. The molecule has 0 heterocycles. The molecule has 252 valence electrons. The predicted molar refractivity (Wildman–Crippen MR) is 196 cm³/mol. The Hall–Kier alpha value is -3.37. The van der Waals surface area contributed by atoms with Gasteiger partial charge in [0.1, 0.15) is 12.6 Å². The Balaban J connectivity index is 1.58. The number of carbonyl (C=O) groups excluding carboxylic acids is 2. The van der Waals surface area contributed by atoms with Crippen LogP contribution in [0.1, 0.15) is 48.8 Å². The van der Waals surface area contributed by atoms with E-state index in [1.165, 1.54) is 23.1 Å². The molecule has 1 aliphatic carbocycles. The number of hydrogen-bond acceptors (Lipinski definition) is 4. The van der Waals surface area contributed by atoms with Gasteiger partial charge in [-0.25, -0.2) is 8.42 Å². The van der Waals surface area contributed by atoms with E-state index >= 15 is 0 Å². The molecule has 0 aliphatic heterocycles. The summed E-state index contributed by atoms with van der Waals surface area (Å²) < 4.78 is 30.4. The molecule has 0 radical (unpaired) electrons. The average Bonchev–Trinajstić information content (AvgIpc) is 3.08. The van der Waals surface area contributed by atoms with Gasteiger partial charge in [-0.3, -0.25) is 13.9 Å². The number of halogens is 3. The van der Waals surface area contributed by atoms with Crippen molar-refractivity contribution in [2.24, 2.45) is 0 Å². The van der Waals surface area contributed by atoms with Crippen molar-refractivity contribution in [2.45, 2.75) is 69.0 Å². The number of amides is 2. The highest BCUT2D eigenvalue weighted by atomic mass is 79.9. The SMILES string of the molecule is Cc1ccc(S(=O)(=O)N(CC(=O)N(Cc2ccc(Br)cc2)[C@@H](Cc2ccccc2)C(=O)NC2CCCCC2)c2cccc(Cl)c2Cl)cc1. The van der Waals surface area contributed by atoms with Crippen molar-refractivity contribution in [1.29, 1.82) is 0 Å². The van der Waals surface area contributed by atoms with Crippen LogP contribution in [-0.4, -0.2) is 43.8 Å². The molecule has 7 nitrogen and oxygen atoms in total. The van der Waals surface area contributed by atoms with Crippen LogP contribution in [0.3, 0.4) is 0 Å². The molecule has 1 aliphatic rings. The lowest BCUT2D eigenvalue weighted by Crippen LogP contribution is -2.55. The molecule has 5 rings (SSSR count). The van der Waals surface area contributed by atoms with E-state index in [4.69, 9.17) is 23.2 Å². The van der Waals surface area contributed by atoms with Gasteiger partial charge < -0.3 is 10.2 Å². The summed E-state index contributed by atoms with van der Waals surface area (Å²) in [4.78, 5) is 30.4. The first-order chi connectivity index (χ1) is 23.0. The summed E-state index contributed by atoms with van der Waals surface area (Å²) in [6, 6.07) is 27.1. The monoisotopic (exact) mass is 769 g/mol. The van der Waals surface area contributed by atoms with Gasteiger partial charge in [-0.1, -0.05) is 125 Å². The van der Waals surface area contributed by atoms with Crippen molar-refractivity contribution < 1.29 is 18.0 Å². The zero-order valence-corrected chi connectivity index (χ0v) is 30.5. The van der Waals surface area contributed by atoms with Crippen LogP contribution in [0, 0.1) is 6.92 Å². The lowest BCUT2D eigenvalue weighted by atomic mass is 9.94. The maximum atomic E-state index is 14.7. The molecule has 0 bridgehead atoms. The van der Waals surface area contributed by atoms with E-state index in [1.807, 2.05) is 61.5 Å². The number of hydrogen-bond donors (Lipinski definition) is 1. The topological polar surface area (TPSA) is 86.8 Å². The fourth-order valence-electron chi connectivity index (χ4n) is 5.92. The molecule has 11 heteroatoms. The van der Waals surface area contributed by atoms with E-state index in [0.717, 1.165) is 57.6 Å². The molecule has 1 fully saturated rings. The third-order valence-electron chi connectivity index (χ3n) is 8.58. The molecule has 2 amide bonds. The Kier molecular flexibility index (Phi) is 12.2. The summed E-state index contributed by atoms with van der Waals surface area (Å²) in [5.74, 6) is -0.839. The van der Waals surface area contributed by atoms with Crippen LogP contribution < -0.4 is 9.62 Å². The van der Waals surface area contributed by atoms with E-state index in [9.17, 15) is 18.0 Å². The van der Waals surface area contributed by atoms with Gasteiger partial charge in [0.15, 0.2) is 0 Å². The standard InChI is InChI=1S/C37H38BrCl2N3O4S/c1-26-15-21-31(22-16-26)48(46,47)43(33-14-8-13-32(39)36(33)40)25-35(44)42(24-28-17-19-29(38)20-18-28)34(23-27-9-4-2-5-10-27)37(45)41-30-11-6-3-7-12-30/h2,4-5,8-10,13-22,30,34H,3,6-7,11-12,23-25H2,1H3,(H,41,45)/t34-/m0/s1. The number of nitrogens with one attached hydrogen (secondary N) is 1. The Morgan fingerprint density at radius 3 is 2.19 bits per heavy atom. The molecule has 4 aromatic carbocycles. The Morgan fingerprint density at radius 2 is 1.52 bits per heavy atom. The first kappa shape index (κ1) is 35.9. The molecule has 4 aromatic rings. The highest BCUT2D eigenvalue weighted by Gasteiger charge is 2.36. The van der Waals surface area contributed by atoms with Crippen LogP contribution in [0.5, 0.6) is 0 Å². The molecule has 48 heavy (non-hydrogen) atoms. The van der Waals surface area contributed by atoms with E-state index in [0.29, 0.717) is 0 Å². The lowest BCUT2D eigenvalue weighted by molar-refractivity contribution is -0.140. The Labute approximate surface area is 301 Å². The smallest absolute Gasteiger partial charge is 0.264 e. The zero-order chi connectivity index (χ0) is 34.3. The Bertz CT molecular complexity index is 1820. The minimum absolute atomic E-state index is 0.00186. The van der Waals surface area contributed by atoms with Crippen molar-refractivity contribution in [1.82, 2.24) is 10.2 Å². The van der Waals surface area contributed by atoms with Gasteiger partial charge in [0.25, 0.3) is 10.0 Å². The molecule has 1 atom stereocenters. The van der Waals surface area contributed by atoms with Gasteiger partial charge in [-0.15, -0.1) is 0 Å². The number of nitrogens with zero attached hydrogens (tertiary/aromatic N) is 2. The van der Waals surface area contributed by atoms with E-state index in [-0.39, 0.29) is 45.5 Å². The van der Waals surface area contributed by atoms with Crippen molar-refractivity contribution in [2.75, 3.05) is 10.8 Å². The molecule has 0 saturated heterocycles. The van der Waals surface area contributed by atoms with Gasteiger partial charge in [0.2, 0.25) is 11.8 Å². The zero-order valence-electron chi connectivity index (χ0n) is 26.6. The fraction of sp³-hybridized carbons (Fsp3) is 0.297. The fourth-order valence-corrected chi connectivity index (χ4v) is 8.06. The molecule has 1 N–H and O–H groups in total.